The van der Waals surface area contributed by atoms with Crippen molar-refractivity contribution >= 4 is 32.9 Å². The molecule has 1 aliphatic carbocycles. The van der Waals surface area contributed by atoms with Gasteiger partial charge in [0.25, 0.3) is 0 Å². The van der Waals surface area contributed by atoms with Crippen molar-refractivity contribution in [2.45, 2.75) is 46.5 Å². The first kappa shape index (κ1) is 25.4. The molecule has 6 nitrogen and oxygen atoms in total. The van der Waals surface area contributed by atoms with Crippen molar-refractivity contribution in [1.29, 1.82) is 0 Å². The van der Waals surface area contributed by atoms with E-state index < -0.39 is 0 Å². The van der Waals surface area contributed by atoms with Gasteiger partial charge in [-0.05, 0) is 55.4 Å². The predicted octanol–water partition coefficient (Wildman–Crippen LogP) is 5.44. The summed E-state index contributed by atoms with van der Waals surface area (Å²) in [6.07, 6.45) is 4.27. The average molecular weight is 510 g/mol. The minimum atomic E-state index is 0.182. The fourth-order valence-corrected chi connectivity index (χ4v) is 6.57. The molecule has 4 aliphatic rings. The van der Waals surface area contributed by atoms with E-state index in [-0.39, 0.29) is 5.43 Å². The maximum absolute atomic E-state index is 13.9. The van der Waals surface area contributed by atoms with E-state index in [1.54, 1.807) is 11.3 Å². The minimum Gasteiger partial charge on any atom is -0.378 e. The number of morpholine rings is 2. The van der Waals surface area contributed by atoms with Gasteiger partial charge in [0, 0.05) is 37.4 Å². The van der Waals surface area contributed by atoms with Gasteiger partial charge in [0.15, 0.2) is 0 Å². The van der Waals surface area contributed by atoms with E-state index in [2.05, 4.69) is 54.8 Å². The van der Waals surface area contributed by atoms with Gasteiger partial charge in [-0.15, -0.1) is 11.3 Å². The Bertz CT molecular complexity index is 1200. The van der Waals surface area contributed by atoms with Gasteiger partial charge in [-0.2, -0.15) is 0 Å². The quantitative estimate of drug-likeness (QED) is 0.377. The number of anilines is 2. The third kappa shape index (κ3) is 5.53. The minimum absolute atomic E-state index is 0.182. The van der Waals surface area contributed by atoms with Crippen LogP contribution in [0.4, 0.5) is 11.4 Å². The van der Waals surface area contributed by atoms with E-state index in [0.717, 1.165) is 90.2 Å². The van der Waals surface area contributed by atoms with Crippen molar-refractivity contribution in [2.24, 2.45) is 11.8 Å². The summed E-state index contributed by atoms with van der Waals surface area (Å²) in [7, 11) is 0. The second-order valence-corrected chi connectivity index (χ2v) is 11.6. The second kappa shape index (κ2) is 11.4. The fourth-order valence-electron chi connectivity index (χ4n) is 5.42. The molecular formula is C29H39N3O3S. The van der Waals surface area contributed by atoms with Crippen molar-refractivity contribution < 1.29 is 9.47 Å². The summed E-state index contributed by atoms with van der Waals surface area (Å²) in [5, 5.41) is 0. The van der Waals surface area contributed by atoms with Gasteiger partial charge in [-0.1, -0.05) is 27.2 Å². The highest BCUT2D eigenvalue weighted by molar-refractivity contribution is 7.22. The zero-order chi connectivity index (χ0) is 25.1. The van der Waals surface area contributed by atoms with Crippen LogP contribution in [-0.4, -0.2) is 57.6 Å². The molecule has 3 aliphatic heterocycles. The molecule has 2 saturated heterocycles. The molecule has 5 rings (SSSR count). The van der Waals surface area contributed by atoms with Crippen LogP contribution in [0.15, 0.2) is 29.1 Å². The van der Waals surface area contributed by atoms with Gasteiger partial charge in [0.05, 0.1) is 47.2 Å². The Hall–Kier alpha value is -2.22. The first-order valence-corrected chi connectivity index (χ1v) is 14.4. The van der Waals surface area contributed by atoms with E-state index in [1.165, 1.54) is 18.5 Å². The number of hydrogen-bond acceptors (Lipinski definition) is 7. The third-order valence-corrected chi connectivity index (χ3v) is 8.93. The molecule has 2 atom stereocenters. The molecule has 36 heavy (non-hydrogen) atoms. The highest BCUT2D eigenvalue weighted by atomic mass is 32.1. The smallest absolute Gasteiger partial charge is 0.206 e. The third-order valence-electron chi connectivity index (χ3n) is 7.77. The van der Waals surface area contributed by atoms with Gasteiger partial charge < -0.3 is 19.3 Å². The first-order valence-electron chi connectivity index (χ1n) is 13.6. The second-order valence-electron chi connectivity index (χ2n) is 10.5. The summed E-state index contributed by atoms with van der Waals surface area (Å²) < 4.78 is 12.3. The van der Waals surface area contributed by atoms with Crippen molar-refractivity contribution in [1.82, 2.24) is 4.98 Å². The first-order chi connectivity index (χ1) is 17.5. The lowest BCUT2D eigenvalue weighted by atomic mass is 9.90. The van der Waals surface area contributed by atoms with Crippen LogP contribution in [0.3, 0.4) is 0 Å². The molecule has 0 N–H and O–H groups in total. The van der Waals surface area contributed by atoms with E-state index in [9.17, 15) is 4.79 Å². The number of aromatic nitrogens is 1. The van der Waals surface area contributed by atoms with E-state index >= 15 is 0 Å². The van der Waals surface area contributed by atoms with Gasteiger partial charge in [-0.25, -0.2) is 4.98 Å². The zero-order valence-corrected chi connectivity index (χ0v) is 22.7. The molecule has 194 valence electrons. The van der Waals surface area contributed by atoms with Crippen LogP contribution in [0.2, 0.25) is 0 Å². The molecule has 0 aromatic heterocycles. The van der Waals surface area contributed by atoms with Crippen LogP contribution in [-0.2, 0) is 15.9 Å². The Morgan fingerprint density at radius 1 is 0.972 bits per heavy atom. The molecule has 7 heteroatoms. The number of ether oxygens (including phenoxy) is 2. The molecule has 0 radical (unpaired) electrons. The van der Waals surface area contributed by atoms with Crippen LogP contribution < -0.4 is 15.2 Å². The summed E-state index contributed by atoms with van der Waals surface area (Å²) in [4.78, 5) is 24.6. The lowest BCUT2D eigenvalue weighted by Crippen LogP contribution is -2.39. The fraction of sp³-hybridized carbons (Fsp3) is 0.586. The Balaban J connectivity index is 1.54. The molecule has 0 amide bonds. The highest BCUT2D eigenvalue weighted by Crippen LogP contribution is 2.39. The number of rotatable bonds is 8. The monoisotopic (exact) mass is 509 g/mol. The predicted molar refractivity (Wildman–Crippen MR) is 150 cm³/mol. The topological polar surface area (TPSA) is 54.9 Å². The molecule has 3 heterocycles. The van der Waals surface area contributed by atoms with Crippen LogP contribution in [0.5, 0.6) is 0 Å². The van der Waals surface area contributed by atoms with E-state index in [0.29, 0.717) is 19.1 Å². The Kier molecular flexibility index (Phi) is 8.09. The SMILES string of the molecule is CCC(C)CC(C)CCc1cc2nc3ccc(N4CCOCC4)cc3sc-2c(N2CCOCC2)c1=O. The summed E-state index contributed by atoms with van der Waals surface area (Å²) in [6, 6.07) is 8.60. The number of aryl methyl sites for hydroxylation is 1. The van der Waals surface area contributed by atoms with E-state index in [4.69, 9.17) is 14.5 Å². The molecule has 0 saturated carbocycles. The molecule has 2 fully saturated rings. The Morgan fingerprint density at radius 2 is 1.67 bits per heavy atom. The molecule has 0 spiro atoms. The Morgan fingerprint density at radius 3 is 2.36 bits per heavy atom. The summed E-state index contributed by atoms with van der Waals surface area (Å²) in [5.41, 5.74) is 5.05. The summed E-state index contributed by atoms with van der Waals surface area (Å²) in [5.74, 6) is 1.33. The summed E-state index contributed by atoms with van der Waals surface area (Å²) >= 11 is 1.71. The van der Waals surface area contributed by atoms with Crippen LogP contribution in [0, 0.1) is 11.8 Å². The zero-order valence-electron chi connectivity index (χ0n) is 21.9. The average Bonchev–Trinajstić information content (AvgIpc) is 2.91. The molecule has 0 bridgehead atoms. The van der Waals surface area contributed by atoms with Crippen molar-refractivity contribution in [3.05, 3.63) is 40.1 Å². The van der Waals surface area contributed by atoms with Gasteiger partial charge in [0.2, 0.25) is 5.43 Å². The lowest BCUT2D eigenvalue weighted by molar-refractivity contribution is 0.122. The van der Waals surface area contributed by atoms with Gasteiger partial charge in [-0.3, -0.25) is 4.79 Å². The molecule has 2 unspecified atom stereocenters. The Labute approximate surface area is 218 Å². The maximum atomic E-state index is 13.9. The molecule has 1 aromatic carbocycles. The lowest BCUT2D eigenvalue weighted by Gasteiger charge is -2.31. The molecular weight excluding hydrogens is 470 g/mol. The van der Waals surface area contributed by atoms with Crippen LogP contribution in [0.1, 0.15) is 45.6 Å². The van der Waals surface area contributed by atoms with Crippen molar-refractivity contribution in [3.63, 3.8) is 0 Å². The normalized spacial score (nSPS) is 18.6. The summed E-state index contributed by atoms with van der Waals surface area (Å²) in [6.45, 7) is 13.0. The van der Waals surface area contributed by atoms with E-state index in [1.807, 2.05) is 0 Å². The standard InChI is InChI=1S/C29H39N3O3S/c1-4-20(2)17-21(3)5-6-22-18-25-29(27(28(22)33)32-11-15-35-16-12-32)36-26-19-23(7-8-24(26)30-25)31-9-13-34-14-10-31/h7-8,18-21H,4-6,9-17H2,1-3H3. The number of nitrogens with zero attached hydrogens (tertiary/aromatic N) is 3. The number of fused-ring (bicyclic) bond motifs is 2. The van der Waals surface area contributed by atoms with Gasteiger partial charge in [0.1, 0.15) is 5.69 Å². The van der Waals surface area contributed by atoms with Crippen LogP contribution >= 0.6 is 11.3 Å². The van der Waals surface area contributed by atoms with Crippen molar-refractivity contribution in [3.8, 4) is 10.6 Å². The number of benzene rings is 2. The maximum Gasteiger partial charge on any atom is 0.206 e. The van der Waals surface area contributed by atoms with Crippen molar-refractivity contribution in [2.75, 3.05) is 62.4 Å². The largest absolute Gasteiger partial charge is 0.378 e. The number of hydrogen-bond donors (Lipinski definition) is 0. The highest BCUT2D eigenvalue weighted by Gasteiger charge is 2.25. The molecule has 1 aromatic rings. The van der Waals surface area contributed by atoms with Gasteiger partial charge >= 0.3 is 0 Å². The van der Waals surface area contributed by atoms with Crippen LogP contribution in [0.25, 0.3) is 20.8 Å².